The topological polar surface area (TPSA) is 211 Å². The van der Waals surface area contributed by atoms with Crippen molar-refractivity contribution in [2.45, 2.75) is 38.5 Å². The highest BCUT2D eigenvalue weighted by atomic mass is 16.6. The van der Waals surface area contributed by atoms with E-state index >= 15 is 0 Å². The maximum atomic E-state index is 11.0. The predicted octanol–water partition coefficient (Wildman–Crippen LogP) is 2.24. The van der Waals surface area contributed by atoms with Crippen LogP contribution in [0.25, 0.3) is 0 Å². The molecule has 1 aliphatic rings. The van der Waals surface area contributed by atoms with Gasteiger partial charge in [-0.15, -0.1) is 0 Å². The summed E-state index contributed by atoms with van der Waals surface area (Å²) in [4.78, 5) is 62.7. The molecule has 0 saturated heterocycles. The molecular weight excluding hydrogens is 496 g/mol. The van der Waals surface area contributed by atoms with Crippen LogP contribution in [0.2, 0.25) is 0 Å². The molecule has 0 aliphatic carbocycles. The molecular formula is C24H30O13. The lowest BCUT2D eigenvalue weighted by Gasteiger charge is -2.03. The number of unbranched alkanes of at least 4 members (excludes halogenated alkanes) is 1. The van der Waals surface area contributed by atoms with Crippen molar-refractivity contribution in [1.82, 2.24) is 0 Å². The molecule has 13 nitrogen and oxygen atoms in total. The van der Waals surface area contributed by atoms with Gasteiger partial charge in [0.1, 0.15) is 6.61 Å². The number of benzene rings is 1. The lowest BCUT2D eigenvalue weighted by Crippen LogP contribution is -2.09. The first-order chi connectivity index (χ1) is 17.5. The normalized spacial score (nSPS) is 14.7. The van der Waals surface area contributed by atoms with Gasteiger partial charge in [-0.3, -0.25) is 9.59 Å². The van der Waals surface area contributed by atoms with Crippen molar-refractivity contribution in [3.05, 3.63) is 47.5 Å². The van der Waals surface area contributed by atoms with Crippen LogP contribution in [0.15, 0.2) is 36.4 Å². The SMILES string of the molecule is O=C(O)CCCCC(=O)O.O=C(O)c1ccccc1C(=O)O.O=C1/C=C\C(=O)OCCOCCCCO1. The number of ether oxygens (including phenoxy) is 3. The molecule has 1 heterocycles. The van der Waals surface area contributed by atoms with Crippen LogP contribution in [0.1, 0.15) is 59.2 Å². The van der Waals surface area contributed by atoms with Crippen LogP contribution in [0.3, 0.4) is 0 Å². The van der Waals surface area contributed by atoms with Crippen LogP contribution in [0.5, 0.6) is 0 Å². The number of rotatable bonds is 7. The van der Waals surface area contributed by atoms with Crippen molar-refractivity contribution in [1.29, 1.82) is 0 Å². The zero-order valence-corrected chi connectivity index (χ0v) is 20.0. The van der Waals surface area contributed by atoms with Crippen molar-refractivity contribution in [2.75, 3.05) is 26.4 Å². The predicted molar refractivity (Wildman–Crippen MR) is 125 cm³/mol. The Balaban J connectivity index is 0.000000538. The molecule has 0 atom stereocenters. The van der Waals surface area contributed by atoms with E-state index in [0.29, 0.717) is 32.7 Å². The standard InChI is InChI=1S/C10H14O5.C8H6O4.C6H10O4/c11-9-3-4-10(12)15-8-7-13-5-1-2-6-14-9;9-7(10)5-3-1-2-4-6(5)8(11)12;7-5(8)3-1-2-4-6(9)10/h3-4H,1-2,5-8H2;1-4H,(H,9,10)(H,11,12);1-4H2,(H,7,8)(H,9,10)/b4-3-;;. The summed E-state index contributed by atoms with van der Waals surface area (Å²) in [6.07, 6.45) is 4.73. The second kappa shape index (κ2) is 20.0. The Morgan fingerprint density at radius 1 is 0.649 bits per heavy atom. The second-order valence-electron chi connectivity index (χ2n) is 7.14. The molecule has 2 rings (SSSR count). The van der Waals surface area contributed by atoms with Gasteiger partial charge in [-0.2, -0.15) is 0 Å². The van der Waals surface area contributed by atoms with Crippen molar-refractivity contribution < 1.29 is 63.4 Å². The third-order valence-electron chi connectivity index (χ3n) is 4.17. The van der Waals surface area contributed by atoms with E-state index in [0.717, 1.165) is 25.0 Å². The number of carbonyl (C=O) groups is 6. The third kappa shape index (κ3) is 18.7. The van der Waals surface area contributed by atoms with Gasteiger partial charge >= 0.3 is 35.8 Å². The molecule has 1 aromatic rings. The van der Waals surface area contributed by atoms with Crippen LogP contribution in [-0.4, -0.2) is 82.7 Å². The van der Waals surface area contributed by atoms with E-state index in [1.807, 2.05) is 0 Å². The van der Waals surface area contributed by atoms with E-state index in [4.69, 9.17) is 34.6 Å². The number of carboxylic acids is 4. The number of cyclic esters (lactones) is 2. The van der Waals surface area contributed by atoms with Gasteiger partial charge in [0.2, 0.25) is 0 Å². The Labute approximate surface area is 212 Å². The summed E-state index contributed by atoms with van der Waals surface area (Å²) < 4.78 is 14.7. The highest BCUT2D eigenvalue weighted by Gasteiger charge is 2.13. The van der Waals surface area contributed by atoms with Gasteiger partial charge in [0.15, 0.2) is 0 Å². The van der Waals surface area contributed by atoms with E-state index in [9.17, 15) is 28.8 Å². The van der Waals surface area contributed by atoms with Crippen molar-refractivity contribution in [3.8, 4) is 0 Å². The maximum Gasteiger partial charge on any atom is 0.336 e. The minimum absolute atomic E-state index is 0.0628. The maximum absolute atomic E-state index is 11.0. The van der Waals surface area contributed by atoms with Crippen molar-refractivity contribution >= 4 is 35.8 Å². The molecule has 0 amide bonds. The summed E-state index contributed by atoms with van der Waals surface area (Å²) >= 11 is 0. The van der Waals surface area contributed by atoms with Gasteiger partial charge in [-0.25, -0.2) is 19.2 Å². The average molecular weight is 526 g/mol. The minimum atomic E-state index is -1.23. The minimum Gasteiger partial charge on any atom is -0.481 e. The van der Waals surface area contributed by atoms with Gasteiger partial charge in [-0.1, -0.05) is 12.1 Å². The van der Waals surface area contributed by atoms with Crippen molar-refractivity contribution in [2.24, 2.45) is 0 Å². The lowest BCUT2D eigenvalue weighted by molar-refractivity contribution is -0.141. The number of aromatic carboxylic acids is 2. The van der Waals surface area contributed by atoms with Gasteiger partial charge < -0.3 is 34.6 Å². The number of carboxylic acid groups (broad SMARTS) is 4. The zero-order chi connectivity index (χ0) is 28.1. The number of aliphatic carboxylic acids is 2. The quantitative estimate of drug-likeness (QED) is 0.297. The van der Waals surface area contributed by atoms with Gasteiger partial charge in [0.25, 0.3) is 0 Å². The number of esters is 2. The molecule has 0 aromatic heterocycles. The molecule has 204 valence electrons. The summed E-state index contributed by atoms with van der Waals surface area (Å²) in [5.41, 5.74) is -0.380. The van der Waals surface area contributed by atoms with E-state index in [1.165, 1.54) is 24.3 Å². The largest absolute Gasteiger partial charge is 0.481 e. The molecule has 0 fully saturated rings. The summed E-state index contributed by atoms with van der Waals surface area (Å²) in [6.45, 7) is 1.52. The fraction of sp³-hybridized carbons (Fsp3) is 0.417. The number of hydrogen-bond acceptors (Lipinski definition) is 9. The molecule has 0 spiro atoms. The Morgan fingerprint density at radius 3 is 1.51 bits per heavy atom. The molecule has 1 aromatic carbocycles. The summed E-state index contributed by atoms with van der Waals surface area (Å²) in [5.74, 6) is -5.28. The van der Waals surface area contributed by atoms with E-state index in [2.05, 4.69) is 0 Å². The first-order valence-corrected chi connectivity index (χ1v) is 11.1. The molecule has 4 N–H and O–H groups in total. The molecule has 0 bridgehead atoms. The van der Waals surface area contributed by atoms with E-state index in [-0.39, 0.29) is 30.6 Å². The Kier molecular flexibility index (Phi) is 17.7. The number of carbonyl (C=O) groups excluding carboxylic acids is 2. The smallest absolute Gasteiger partial charge is 0.336 e. The highest BCUT2D eigenvalue weighted by Crippen LogP contribution is 2.08. The summed E-state index contributed by atoms with van der Waals surface area (Å²) in [5, 5.41) is 33.4. The monoisotopic (exact) mass is 526 g/mol. The van der Waals surface area contributed by atoms with Crippen molar-refractivity contribution in [3.63, 3.8) is 0 Å². The lowest BCUT2D eigenvalue weighted by atomic mass is 10.1. The fourth-order valence-electron chi connectivity index (χ4n) is 2.42. The van der Waals surface area contributed by atoms with E-state index < -0.39 is 35.8 Å². The molecule has 37 heavy (non-hydrogen) atoms. The first kappa shape index (κ1) is 32.7. The fourth-order valence-corrected chi connectivity index (χ4v) is 2.42. The van der Waals surface area contributed by atoms with Crippen LogP contribution in [-0.2, 0) is 33.4 Å². The molecule has 0 saturated carbocycles. The van der Waals surface area contributed by atoms with Crippen LogP contribution < -0.4 is 0 Å². The molecule has 13 heteroatoms. The average Bonchev–Trinajstić information content (AvgIpc) is 2.86. The summed E-state index contributed by atoms with van der Waals surface area (Å²) in [7, 11) is 0. The Bertz CT molecular complexity index is 863. The molecule has 1 aliphatic heterocycles. The Morgan fingerprint density at radius 2 is 1.08 bits per heavy atom. The second-order valence-corrected chi connectivity index (χ2v) is 7.14. The first-order valence-electron chi connectivity index (χ1n) is 11.1. The third-order valence-corrected chi connectivity index (χ3v) is 4.17. The van der Waals surface area contributed by atoms with Crippen LogP contribution in [0, 0.1) is 0 Å². The van der Waals surface area contributed by atoms with Crippen LogP contribution in [0.4, 0.5) is 0 Å². The van der Waals surface area contributed by atoms with Gasteiger partial charge in [-0.05, 0) is 37.8 Å². The number of hydrogen-bond donors (Lipinski definition) is 4. The van der Waals surface area contributed by atoms with Gasteiger partial charge in [0.05, 0.1) is 24.3 Å². The molecule has 0 unspecified atom stereocenters. The highest BCUT2D eigenvalue weighted by molar-refractivity contribution is 6.01. The Hall–Kier alpha value is -4.26. The molecule has 0 radical (unpaired) electrons. The van der Waals surface area contributed by atoms with Crippen LogP contribution >= 0.6 is 0 Å². The zero-order valence-electron chi connectivity index (χ0n) is 20.0. The van der Waals surface area contributed by atoms with E-state index in [1.54, 1.807) is 0 Å². The summed E-state index contributed by atoms with van der Waals surface area (Å²) in [6, 6.07) is 5.48. The van der Waals surface area contributed by atoms with Gasteiger partial charge in [0, 0.05) is 31.6 Å².